The summed E-state index contributed by atoms with van der Waals surface area (Å²) in [7, 11) is 0. The summed E-state index contributed by atoms with van der Waals surface area (Å²) in [4.78, 5) is 53.6. The average Bonchev–Trinajstić information content (AvgIpc) is 3.28. The number of hydrogen-bond donors (Lipinski definition) is 1. The molecule has 0 bridgehead atoms. The van der Waals surface area contributed by atoms with Gasteiger partial charge in [0, 0.05) is 5.92 Å². The molecule has 2 aromatic rings. The van der Waals surface area contributed by atoms with E-state index in [1.165, 1.54) is 11.0 Å². The fraction of sp³-hybridized carbons (Fsp3) is 0.400. The van der Waals surface area contributed by atoms with Crippen LogP contribution >= 0.6 is 39.1 Å². The van der Waals surface area contributed by atoms with Gasteiger partial charge >= 0.3 is 0 Å². The molecule has 2 aliphatic heterocycles. The lowest BCUT2D eigenvalue weighted by Crippen LogP contribution is -2.60. The Morgan fingerprint density at radius 3 is 2.41 bits per heavy atom. The van der Waals surface area contributed by atoms with Crippen molar-refractivity contribution in [3.05, 3.63) is 71.3 Å². The molecule has 6 atom stereocenters. The van der Waals surface area contributed by atoms with Crippen molar-refractivity contribution < 1.29 is 29.0 Å². The summed E-state index contributed by atoms with van der Waals surface area (Å²) in [6.45, 7) is 2.20. The van der Waals surface area contributed by atoms with Crippen LogP contribution in [-0.4, -0.2) is 60.3 Å². The Morgan fingerprint density at radius 2 is 1.73 bits per heavy atom. The number of aromatic hydroxyl groups is 1. The monoisotopic (exact) mass is 660 g/mol. The van der Waals surface area contributed by atoms with E-state index in [0.717, 1.165) is 10.5 Å². The molecule has 6 unspecified atom stereocenters. The molecule has 2 heterocycles. The number of benzene rings is 2. The van der Waals surface area contributed by atoms with Gasteiger partial charge in [-0.1, -0.05) is 64.0 Å². The van der Waals surface area contributed by atoms with E-state index in [9.17, 15) is 24.3 Å². The molecular weight excluding hydrogens is 635 g/mol. The second-order valence-electron chi connectivity index (χ2n) is 10.9. The minimum absolute atomic E-state index is 0.0791. The molecular formula is C30H27BrCl2N2O6. The fourth-order valence-electron chi connectivity index (χ4n) is 7.10. The summed E-state index contributed by atoms with van der Waals surface area (Å²) in [6.07, 6.45) is 2.09. The summed E-state index contributed by atoms with van der Waals surface area (Å²) < 4.78 is 5.61. The van der Waals surface area contributed by atoms with Gasteiger partial charge in [-0.25, -0.2) is 0 Å². The number of imide groups is 2. The molecule has 0 radical (unpaired) electrons. The number of phenols is 1. The number of phenolic OH excluding ortho intramolecular Hbond substituents is 1. The second-order valence-corrected chi connectivity index (χ2v) is 12.6. The Bertz CT molecular complexity index is 1500. The Hall–Kier alpha value is -2.88. The van der Waals surface area contributed by atoms with Gasteiger partial charge in [-0.05, 0) is 48.9 Å². The molecule has 41 heavy (non-hydrogen) atoms. The Kier molecular flexibility index (Phi) is 6.98. The van der Waals surface area contributed by atoms with E-state index < -0.39 is 45.2 Å². The van der Waals surface area contributed by atoms with Crippen LogP contribution in [0.4, 0.5) is 0 Å². The lowest BCUT2D eigenvalue weighted by Gasteiger charge is -2.50. The maximum Gasteiger partial charge on any atom is 0.254 e. The Balaban J connectivity index is 1.48. The molecule has 6 rings (SSSR count). The number of rotatable bonds is 6. The molecule has 214 valence electrons. The van der Waals surface area contributed by atoms with Crippen LogP contribution in [0, 0.1) is 17.8 Å². The highest BCUT2D eigenvalue weighted by molar-refractivity contribution is 9.09. The fourth-order valence-corrected chi connectivity index (χ4v) is 8.52. The van der Waals surface area contributed by atoms with E-state index in [2.05, 4.69) is 15.9 Å². The van der Waals surface area contributed by atoms with E-state index in [-0.39, 0.29) is 54.8 Å². The van der Waals surface area contributed by atoms with Crippen molar-refractivity contribution in [3.63, 3.8) is 0 Å². The van der Waals surface area contributed by atoms with Crippen LogP contribution in [0.2, 0.25) is 0 Å². The van der Waals surface area contributed by atoms with Crippen molar-refractivity contribution in [2.24, 2.45) is 17.8 Å². The molecule has 0 spiro atoms. The number of fused-ring (bicyclic) bond motifs is 4. The second kappa shape index (κ2) is 10.1. The van der Waals surface area contributed by atoms with Crippen LogP contribution in [0.1, 0.15) is 36.8 Å². The normalized spacial score (nSPS) is 32.5. The van der Waals surface area contributed by atoms with E-state index in [0.29, 0.717) is 11.1 Å². The lowest BCUT2D eigenvalue weighted by atomic mass is 9.56. The number of likely N-dealkylation sites (tertiary alicyclic amines) is 2. The third-order valence-electron chi connectivity index (χ3n) is 8.91. The van der Waals surface area contributed by atoms with Crippen LogP contribution in [0.5, 0.6) is 11.5 Å². The lowest BCUT2D eigenvalue weighted by molar-refractivity contribution is -0.141. The SMILES string of the molecule is CCOc1cc(C2C3=CCC4C(=O)N(Cc5ccccc5)C(=O)C4C3CC3(Cl)C(=O)N(CBr)C(=O)C23Cl)ccc1O. The van der Waals surface area contributed by atoms with Crippen molar-refractivity contribution in [3.8, 4) is 11.5 Å². The number of carbonyl (C=O) groups excluding carboxylic acids is 4. The van der Waals surface area contributed by atoms with Gasteiger partial charge in [-0.15, -0.1) is 23.2 Å². The highest BCUT2D eigenvalue weighted by Gasteiger charge is 2.76. The summed E-state index contributed by atoms with van der Waals surface area (Å²) in [5, 5.41) is 10.4. The zero-order valence-corrected chi connectivity index (χ0v) is 25.2. The molecule has 2 saturated heterocycles. The molecule has 4 aliphatic rings. The standard InChI is InChI=1S/C30H27BrCl2N2O6/c1-2-41-22-12-17(8-11-21(22)36)24-18-9-10-19-23(26(38)34(25(19)37)14-16-6-4-3-5-7-16)20(18)13-29(32)27(39)35(15-31)28(40)30(24,29)33/h3-9,11-12,19-20,23-24,36H,2,10,13-15H2,1H3. The summed E-state index contributed by atoms with van der Waals surface area (Å²) in [5.74, 6) is -4.68. The first-order valence-corrected chi connectivity index (χ1v) is 15.3. The largest absolute Gasteiger partial charge is 0.504 e. The molecule has 3 fully saturated rings. The van der Waals surface area contributed by atoms with Crippen LogP contribution in [0.15, 0.2) is 60.2 Å². The molecule has 8 nitrogen and oxygen atoms in total. The van der Waals surface area contributed by atoms with Crippen LogP contribution < -0.4 is 4.74 Å². The van der Waals surface area contributed by atoms with E-state index in [1.54, 1.807) is 19.1 Å². The molecule has 11 heteroatoms. The van der Waals surface area contributed by atoms with Gasteiger partial charge in [0.25, 0.3) is 11.8 Å². The van der Waals surface area contributed by atoms with Gasteiger partial charge in [0.05, 0.1) is 30.4 Å². The highest BCUT2D eigenvalue weighted by Crippen LogP contribution is 2.65. The topological polar surface area (TPSA) is 104 Å². The van der Waals surface area contributed by atoms with Gasteiger partial charge < -0.3 is 9.84 Å². The predicted molar refractivity (Wildman–Crippen MR) is 155 cm³/mol. The summed E-state index contributed by atoms with van der Waals surface area (Å²) in [6, 6.07) is 13.9. The minimum atomic E-state index is -1.91. The number of amides is 4. The molecule has 2 aliphatic carbocycles. The quantitative estimate of drug-likeness (QED) is 0.208. The first-order valence-electron chi connectivity index (χ1n) is 13.4. The Morgan fingerprint density at radius 1 is 1.00 bits per heavy atom. The number of halogens is 3. The van der Waals surface area contributed by atoms with E-state index in [1.807, 2.05) is 36.4 Å². The van der Waals surface area contributed by atoms with Crippen molar-refractivity contribution in [2.45, 2.75) is 42.0 Å². The highest BCUT2D eigenvalue weighted by atomic mass is 79.9. The van der Waals surface area contributed by atoms with Gasteiger partial charge in [0.1, 0.15) is 0 Å². The van der Waals surface area contributed by atoms with Crippen LogP contribution in [0.25, 0.3) is 0 Å². The zero-order valence-electron chi connectivity index (χ0n) is 22.1. The third-order valence-corrected chi connectivity index (χ3v) is 10.8. The number of carbonyl (C=O) groups is 4. The van der Waals surface area contributed by atoms with Gasteiger partial charge in [0.2, 0.25) is 11.8 Å². The molecule has 1 N–H and O–H groups in total. The number of alkyl halides is 3. The summed E-state index contributed by atoms with van der Waals surface area (Å²) >= 11 is 17.7. The summed E-state index contributed by atoms with van der Waals surface area (Å²) in [5.41, 5.74) is 1.92. The van der Waals surface area contributed by atoms with Gasteiger partial charge in [-0.2, -0.15) is 0 Å². The van der Waals surface area contributed by atoms with Gasteiger partial charge in [0.15, 0.2) is 21.2 Å². The Labute approximate surface area is 255 Å². The maximum atomic E-state index is 14.0. The maximum absolute atomic E-state index is 14.0. The number of nitrogens with zero attached hydrogens (tertiary/aromatic N) is 2. The van der Waals surface area contributed by atoms with Gasteiger partial charge in [-0.3, -0.25) is 29.0 Å². The van der Waals surface area contributed by atoms with Crippen LogP contribution in [0.3, 0.4) is 0 Å². The van der Waals surface area contributed by atoms with Crippen molar-refractivity contribution in [2.75, 3.05) is 12.1 Å². The van der Waals surface area contributed by atoms with Crippen LogP contribution in [-0.2, 0) is 25.7 Å². The predicted octanol–water partition coefficient (Wildman–Crippen LogP) is 4.70. The molecule has 2 aromatic carbocycles. The van der Waals surface area contributed by atoms with Crippen molar-refractivity contribution in [1.82, 2.24) is 9.80 Å². The van der Waals surface area contributed by atoms with Crippen molar-refractivity contribution >= 4 is 62.8 Å². The van der Waals surface area contributed by atoms with Crippen molar-refractivity contribution in [1.29, 1.82) is 0 Å². The number of allylic oxidation sites excluding steroid dienone is 2. The van der Waals surface area contributed by atoms with E-state index >= 15 is 0 Å². The first kappa shape index (κ1) is 28.2. The molecule has 0 aromatic heterocycles. The number of ether oxygens (including phenoxy) is 1. The zero-order chi connectivity index (χ0) is 29.3. The molecule has 1 saturated carbocycles. The average molecular weight is 662 g/mol. The third kappa shape index (κ3) is 3.92. The smallest absolute Gasteiger partial charge is 0.254 e. The first-order chi connectivity index (χ1) is 19.6. The van der Waals surface area contributed by atoms with E-state index in [4.69, 9.17) is 27.9 Å². The molecule has 4 amide bonds. The minimum Gasteiger partial charge on any atom is -0.504 e. The number of hydrogen-bond acceptors (Lipinski definition) is 6.